The molecular formula is C33H47NO5. The second-order valence-corrected chi connectivity index (χ2v) is 14.1. The molecule has 6 heteroatoms. The van der Waals surface area contributed by atoms with Gasteiger partial charge < -0.3 is 19.4 Å². The molecule has 6 rings (SSSR count). The van der Waals surface area contributed by atoms with E-state index in [9.17, 15) is 15.0 Å². The minimum absolute atomic E-state index is 0.195. The van der Waals surface area contributed by atoms with Gasteiger partial charge in [-0.25, -0.2) is 9.78 Å². The molecule has 1 aromatic carbocycles. The Balaban J connectivity index is 1.25. The van der Waals surface area contributed by atoms with Crippen LogP contribution in [0.2, 0.25) is 0 Å². The van der Waals surface area contributed by atoms with E-state index in [1.165, 1.54) is 32.8 Å². The van der Waals surface area contributed by atoms with Gasteiger partial charge in [-0.1, -0.05) is 40.2 Å². The fourth-order valence-electron chi connectivity index (χ4n) is 10.7. The largest absolute Gasteiger partial charge is 0.465 e. The number of rotatable bonds is 5. The fraction of sp³-hybridized carbons (Fsp3) is 0.758. The highest BCUT2D eigenvalue weighted by molar-refractivity contribution is 6.01. The Bertz CT molecular complexity index is 1220. The van der Waals surface area contributed by atoms with Crippen LogP contribution in [0.15, 0.2) is 22.6 Å². The van der Waals surface area contributed by atoms with Gasteiger partial charge in [0.25, 0.3) is 0 Å². The molecule has 39 heavy (non-hydrogen) atoms. The molecule has 4 fully saturated rings. The lowest BCUT2D eigenvalue weighted by Gasteiger charge is -2.64. The van der Waals surface area contributed by atoms with Crippen molar-refractivity contribution in [3.63, 3.8) is 0 Å². The third kappa shape index (κ3) is 4.10. The summed E-state index contributed by atoms with van der Waals surface area (Å²) in [7, 11) is 1.39. The summed E-state index contributed by atoms with van der Waals surface area (Å²) in [5.74, 6) is 3.39. The van der Waals surface area contributed by atoms with Crippen LogP contribution in [-0.2, 0) is 11.2 Å². The van der Waals surface area contributed by atoms with E-state index in [0.29, 0.717) is 58.1 Å². The van der Waals surface area contributed by atoms with Crippen molar-refractivity contribution in [3.05, 3.63) is 29.7 Å². The highest BCUT2D eigenvalue weighted by Crippen LogP contribution is 2.69. The van der Waals surface area contributed by atoms with Gasteiger partial charge in [0, 0.05) is 6.42 Å². The Morgan fingerprint density at radius 2 is 1.85 bits per heavy atom. The molecule has 0 amide bonds. The van der Waals surface area contributed by atoms with Gasteiger partial charge in [0.1, 0.15) is 5.52 Å². The smallest absolute Gasteiger partial charge is 0.340 e. The molecule has 1 aromatic heterocycles. The van der Waals surface area contributed by atoms with E-state index in [-0.39, 0.29) is 29.0 Å². The van der Waals surface area contributed by atoms with Crippen LogP contribution in [0, 0.1) is 52.3 Å². The first kappa shape index (κ1) is 27.3. The third-order valence-electron chi connectivity index (χ3n) is 12.5. The number of aliphatic hydroxyl groups excluding tert-OH is 2. The number of carbonyl (C=O) groups is 1. The lowest BCUT2D eigenvalue weighted by Crippen LogP contribution is -2.62. The van der Waals surface area contributed by atoms with Gasteiger partial charge in [0.15, 0.2) is 11.5 Å². The van der Waals surface area contributed by atoms with E-state index >= 15 is 0 Å². The second kappa shape index (κ2) is 9.87. The number of nitrogens with zero attached hydrogens (tertiary/aromatic N) is 1. The number of oxazole rings is 1. The van der Waals surface area contributed by atoms with Crippen molar-refractivity contribution in [1.29, 1.82) is 0 Å². The van der Waals surface area contributed by atoms with Crippen LogP contribution >= 0.6 is 0 Å². The number of hydrogen-bond acceptors (Lipinski definition) is 6. The maximum atomic E-state index is 12.2. The number of fused-ring (bicyclic) bond motifs is 6. The van der Waals surface area contributed by atoms with Crippen molar-refractivity contribution in [1.82, 2.24) is 4.98 Å². The van der Waals surface area contributed by atoms with Crippen molar-refractivity contribution < 1.29 is 24.2 Å². The monoisotopic (exact) mass is 537 g/mol. The van der Waals surface area contributed by atoms with Gasteiger partial charge in [0.2, 0.25) is 0 Å². The van der Waals surface area contributed by atoms with E-state index in [1.54, 1.807) is 6.07 Å². The SMILES string of the molecule is CC[C@H]1[C@@H](O)[C@@H]2[C@H](CC[C@]3(C)[C@@H]([C@H](C)Cc4nc5c(C(=O)OC)cccc5o4)CC[C@@H]23)[C@@]2(C)CC[C@@H](O)C[C@@H]12. The van der Waals surface area contributed by atoms with Crippen molar-refractivity contribution in [3.8, 4) is 0 Å². The molecule has 4 aliphatic carbocycles. The number of carbonyl (C=O) groups excluding carboxylic acids is 1. The summed E-state index contributed by atoms with van der Waals surface area (Å²) < 4.78 is 11.1. The molecule has 0 bridgehead atoms. The van der Waals surface area contributed by atoms with Gasteiger partial charge in [-0.15, -0.1) is 0 Å². The summed E-state index contributed by atoms with van der Waals surface area (Å²) in [6, 6.07) is 5.41. The Kier molecular flexibility index (Phi) is 6.90. The zero-order valence-corrected chi connectivity index (χ0v) is 24.4. The predicted octanol–water partition coefficient (Wildman–Crippen LogP) is 6.42. The molecule has 0 unspecified atom stereocenters. The maximum Gasteiger partial charge on any atom is 0.340 e. The normalized spacial score (nSPS) is 42.4. The summed E-state index contributed by atoms with van der Waals surface area (Å²) in [6.07, 6.45) is 8.89. The number of aromatic nitrogens is 1. The number of benzene rings is 1. The molecule has 4 aliphatic rings. The Morgan fingerprint density at radius 1 is 1.10 bits per heavy atom. The van der Waals surface area contributed by atoms with Crippen LogP contribution in [0.4, 0.5) is 0 Å². The van der Waals surface area contributed by atoms with E-state index in [2.05, 4.69) is 27.7 Å². The van der Waals surface area contributed by atoms with Crippen molar-refractivity contribution in [2.45, 2.75) is 97.7 Å². The summed E-state index contributed by atoms with van der Waals surface area (Å²) >= 11 is 0. The van der Waals surface area contributed by atoms with E-state index in [0.717, 1.165) is 32.1 Å². The number of para-hydroxylation sites is 1. The van der Waals surface area contributed by atoms with Gasteiger partial charge in [-0.3, -0.25) is 0 Å². The van der Waals surface area contributed by atoms with Gasteiger partial charge in [-0.2, -0.15) is 0 Å². The number of esters is 1. The summed E-state index contributed by atoms with van der Waals surface area (Å²) in [5, 5.41) is 22.5. The molecule has 2 N–H and O–H groups in total. The van der Waals surface area contributed by atoms with E-state index < -0.39 is 5.97 Å². The van der Waals surface area contributed by atoms with Crippen LogP contribution in [0.25, 0.3) is 11.1 Å². The molecule has 4 saturated carbocycles. The standard InChI is InChI=1S/C33H47NO5/c1-6-20-25-17-19(35)12-14-33(25,4)24-13-15-32(3)22(10-11-23(32)28(24)30(20)36)18(2)16-27-34-29-21(31(37)38-5)8-7-9-26(29)39-27/h7-9,18-20,22-25,28,30,35-36H,6,10-17H2,1-5H3/t18-,19-,20-,22-,23+,24+,25+,28+,30-,32-,33-/m1/s1. The highest BCUT2D eigenvalue weighted by Gasteiger charge is 2.64. The van der Waals surface area contributed by atoms with Crippen molar-refractivity contribution in [2.75, 3.05) is 7.11 Å². The maximum absolute atomic E-state index is 12.2. The predicted molar refractivity (Wildman–Crippen MR) is 150 cm³/mol. The molecular weight excluding hydrogens is 490 g/mol. The number of hydrogen-bond donors (Lipinski definition) is 2. The topological polar surface area (TPSA) is 92.8 Å². The molecule has 0 aliphatic heterocycles. The number of methoxy groups -OCH3 is 1. The molecule has 0 spiro atoms. The molecule has 214 valence electrons. The zero-order valence-electron chi connectivity index (χ0n) is 24.4. The first-order chi connectivity index (χ1) is 18.6. The van der Waals surface area contributed by atoms with Crippen molar-refractivity contribution in [2.24, 2.45) is 52.3 Å². The van der Waals surface area contributed by atoms with Crippen LogP contribution in [0.1, 0.15) is 95.3 Å². The summed E-state index contributed by atoms with van der Waals surface area (Å²) in [6.45, 7) is 9.59. The summed E-state index contributed by atoms with van der Waals surface area (Å²) in [4.78, 5) is 17.0. The molecule has 1 heterocycles. The quantitative estimate of drug-likeness (QED) is 0.428. The Hall–Kier alpha value is -1.92. The average molecular weight is 538 g/mol. The second-order valence-electron chi connectivity index (χ2n) is 14.1. The average Bonchev–Trinajstić information content (AvgIpc) is 3.49. The van der Waals surface area contributed by atoms with Crippen molar-refractivity contribution >= 4 is 17.1 Å². The Labute approximate surface area is 232 Å². The van der Waals surface area contributed by atoms with Crippen LogP contribution < -0.4 is 0 Å². The lowest BCUT2D eigenvalue weighted by molar-refractivity contribution is -0.203. The third-order valence-corrected chi connectivity index (χ3v) is 12.5. The zero-order chi connectivity index (χ0) is 27.7. The molecule has 11 atom stereocenters. The van der Waals surface area contributed by atoms with E-state index in [1.807, 2.05) is 12.1 Å². The highest BCUT2D eigenvalue weighted by atomic mass is 16.5. The fourth-order valence-corrected chi connectivity index (χ4v) is 10.7. The molecule has 6 nitrogen and oxygen atoms in total. The Morgan fingerprint density at radius 3 is 2.59 bits per heavy atom. The first-order valence-corrected chi connectivity index (χ1v) is 15.4. The number of ether oxygens (including phenoxy) is 1. The minimum atomic E-state index is -0.392. The van der Waals surface area contributed by atoms with Crippen LogP contribution in [-0.4, -0.2) is 40.5 Å². The molecule has 0 radical (unpaired) electrons. The van der Waals surface area contributed by atoms with Gasteiger partial charge in [0.05, 0.1) is 24.9 Å². The number of aliphatic hydroxyl groups is 2. The first-order valence-electron chi connectivity index (χ1n) is 15.4. The van der Waals surface area contributed by atoms with Gasteiger partial charge in [-0.05, 0) is 109 Å². The minimum Gasteiger partial charge on any atom is -0.465 e. The van der Waals surface area contributed by atoms with Crippen LogP contribution in [0.5, 0.6) is 0 Å². The molecule has 0 saturated heterocycles. The van der Waals surface area contributed by atoms with Gasteiger partial charge >= 0.3 is 5.97 Å². The summed E-state index contributed by atoms with van der Waals surface area (Å²) in [5.41, 5.74) is 2.08. The molecule has 2 aromatic rings. The van der Waals surface area contributed by atoms with Crippen LogP contribution in [0.3, 0.4) is 0 Å². The van der Waals surface area contributed by atoms with E-state index in [4.69, 9.17) is 14.1 Å². The lowest BCUT2D eigenvalue weighted by atomic mass is 9.41.